The molecule has 11 heavy (non-hydrogen) atoms. The summed E-state index contributed by atoms with van der Waals surface area (Å²) in [6.45, 7) is 1.88. The Morgan fingerprint density at radius 1 is 1.45 bits per heavy atom. The van der Waals surface area contributed by atoms with E-state index in [0.29, 0.717) is 10.7 Å². The summed E-state index contributed by atoms with van der Waals surface area (Å²) in [5, 5.41) is 0.673. The van der Waals surface area contributed by atoms with Crippen LogP contribution >= 0.6 is 11.6 Å². The first-order valence-electron chi connectivity index (χ1n) is 3.42. The van der Waals surface area contributed by atoms with Gasteiger partial charge in [0.25, 0.3) is 0 Å². The lowest BCUT2D eigenvalue weighted by atomic mass is 10.1. The molecule has 0 aromatic heterocycles. The van der Waals surface area contributed by atoms with E-state index >= 15 is 0 Å². The van der Waals surface area contributed by atoms with Crippen LogP contribution in [0.4, 0.5) is 5.69 Å². The molecule has 4 N–H and O–H groups in total. The molecule has 1 aromatic carbocycles. The molecule has 0 aliphatic carbocycles. The average Bonchev–Trinajstić information content (AvgIpc) is 1.94. The van der Waals surface area contributed by atoms with Crippen molar-refractivity contribution in [2.24, 2.45) is 5.73 Å². The highest BCUT2D eigenvalue weighted by molar-refractivity contribution is 6.30. The van der Waals surface area contributed by atoms with Gasteiger partial charge in [-0.25, -0.2) is 0 Å². The van der Waals surface area contributed by atoms with E-state index in [9.17, 15) is 0 Å². The molecule has 0 fully saturated rings. The largest absolute Gasteiger partial charge is 0.398 e. The number of hydrogen-bond donors (Lipinski definition) is 2. The van der Waals surface area contributed by atoms with E-state index in [1.165, 1.54) is 0 Å². The molecule has 1 rings (SSSR count). The minimum Gasteiger partial charge on any atom is -0.398 e. The SMILES string of the molecule is C[C@@H](N)c1cc(Cl)ccc1N. The van der Waals surface area contributed by atoms with Gasteiger partial charge in [-0.05, 0) is 30.7 Å². The molecule has 3 heteroatoms. The summed E-state index contributed by atoms with van der Waals surface area (Å²) in [7, 11) is 0. The lowest BCUT2D eigenvalue weighted by Crippen LogP contribution is -2.07. The standard InChI is InChI=1S/C8H11ClN2/c1-5(10)7-4-6(9)2-3-8(7)11/h2-5H,10-11H2,1H3/t5-/m1/s1. The summed E-state index contributed by atoms with van der Waals surface area (Å²) >= 11 is 5.75. The molecule has 0 aliphatic heterocycles. The average molecular weight is 171 g/mol. The normalized spacial score (nSPS) is 13.0. The summed E-state index contributed by atoms with van der Waals surface area (Å²) < 4.78 is 0. The van der Waals surface area contributed by atoms with Crippen LogP contribution in [0, 0.1) is 0 Å². The Hall–Kier alpha value is -0.730. The molecule has 0 heterocycles. The van der Waals surface area contributed by atoms with Gasteiger partial charge >= 0.3 is 0 Å². The number of nitrogens with two attached hydrogens (primary N) is 2. The first-order valence-corrected chi connectivity index (χ1v) is 3.79. The van der Waals surface area contributed by atoms with Crippen molar-refractivity contribution in [3.05, 3.63) is 28.8 Å². The van der Waals surface area contributed by atoms with Gasteiger partial charge in [-0.3, -0.25) is 0 Å². The van der Waals surface area contributed by atoms with Crippen LogP contribution in [0.2, 0.25) is 5.02 Å². The molecule has 0 bridgehead atoms. The predicted molar refractivity (Wildman–Crippen MR) is 48.5 cm³/mol. The quantitative estimate of drug-likeness (QED) is 0.633. The Balaban J connectivity index is 3.13. The number of halogens is 1. The number of rotatable bonds is 1. The molecular weight excluding hydrogens is 160 g/mol. The number of anilines is 1. The molecule has 0 saturated carbocycles. The molecule has 0 amide bonds. The van der Waals surface area contributed by atoms with Crippen molar-refractivity contribution >= 4 is 17.3 Å². The number of nitrogen functional groups attached to an aromatic ring is 1. The van der Waals surface area contributed by atoms with Crippen LogP contribution in [0.1, 0.15) is 18.5 Å². The van der Waals surface area contributed by atoms with Gasteiger partial charge in [0.2, 0.25) is 0 Å². The third-order valence-electron chi connectivity index (χ3n) is 1.54. The van der Waals surface area contributed by atoms with Crippen LogP contribution in [-0.4, -0.2) is 0 Å². The van der Waals surface area contributed by atoms with E-state index in [4.69, 9.17) is 23.1 Å². The first-order chi connectivity index (χ1) is 5.11. The second-order valence-corrected chi connectivity index (χ2v) is 3.00. The smallest absolute Gasteiger partial charge is 0.0410 e. The van der Waals surface area contributed by atoms with Gasteiger partial charge < -0.3 is 11.5 Å². The Bertz CT molecular complexity index is 258. The van der Waals surface area contributed by atoms with Gasteiger partial charge in [-0.1, -0.05) is 11.6 Å². The maximum atomic E-state index is 5.75. The summed E-state index contributed by atoms with van der Waals surface area (Å²) in [6, 6.07) is 5.25. The molecule has 0 radical (unpaired) electrons. The van der Waals surface area contributed by atoms with E-state index in [1.807, 2.05) is 6.92 Å². The molecule has 2 nitrogen and oxygen atoms in total. The van der Waals surface area contributed by atoms with Gasteiger partial charge in [0.15, 0.2) is 0 Å². The second-order valence-electron chi connectivity index (χ2n) is 2.56. The molecule has 60 valence electrons. The zero-order valence-electron chi connectivity index (χ0n) is 6.34. The van der Waals surface area contributed by atoms with Crippen molar-refractivity contribution in [3.63, 3.8) is 0 Å². The van der Waals surface area contributed by atoms with E-state index < -0.39 is 0 Å². The monoisotopic (exact) mass is 170 g/mol. The summed E-state index contributed by atoms with van der Waals surface area (Å²) in [5.74, 6) is 0. The molecule has 1 atom stereocenters. The molecule has 0 aliphatic rings. The zero-order chi connectivity index (χ0) is 8.43. The van der Waals surface area contributed by atoms with Gasteiger partial charge in [-0.15, -0.1) is 0 Å². The maximum absolute atomic E-state index is 5.75. The third kappa shape index (κ3) is 1.85. The van der Waals surface area contributed by atoms with Crippen LogP contribution in [0.3, 0.4) is 0 Å². The maximum Gasteiger partial charge on any atom is 0.0410 e. The molecular formula is C8H11ClN2. The minimum absolute atomic E-state index is 0.0614. The van der Waals surface area contributed by atoms with Crippen molar-refractivity contribution in [2.75, 3.05) is 5.73 Å². The van der Waals surface area contributed by atoms with E-state index in [0.717, 1.165) is 5.56 Å². The van der Waals surface area contributed by atoms with Crippen molar-refractivity contribution in [1.29, 1.82) is 0 Å². The molecule has 0 spiro atoms. The molecule has 1 aromatic rings. The fourth-order valence-corrected chi connectivity index (χ4v) is 1.12. The van der Waals surface area contributed by atoms with Crippen LogP contribution in [0.25, 0.3) is 0 Å². The number of hydrogen-bond acceptors (Lipinski definition) is 2. The van der Waals surface area contributed by atoms with Gasteiger partial charge in [-0.2, -0.15) is 0 Å². The van der Waals surface area contributed by atoms with E-state index in [1.54, 1.807) is 18.2 Å². The van der Waals surface area contributed by atoms with Crippen molar-refractivity contribution < 1.29 is 0 Å². The van der Waals surface area contributed by atoms with E-state index in [-0.39, 0.29) is 6.04 Å². The highest BCUT2D eigenvalue weighted by Crippen LogP contribution is 2.22. The Labute approximate surface area is 71.1 Å². The third-order valence-corrected chi connectivity index (χ3v) is 1.77. The lowest BCUT2D eigenvalue weighted by Gasteiger charge is -2.08. The fraction of sp³-hybridized carbons (Fsp3) is 0.250. The van der Waals surface area contributed by atoms with Crippen LogP contribution in [-0.2, 0) is 0 Å². The minimum atomic E-state index is -0.0614. The fourth-order valence-electron chi connectivity index (χ4n) is 0.940. The van der Waals surface area contributed by atoms with Crippen molar-refractivity contribution in [2.45, 2.75) is 13.0 Å². The molecule has 0 unspecified atom stereocenters. The van der Waals surface area contributed by atoms with Crippen molar-refractivity contribution in [3.8, 4) is 0 Å². The van der Waals surface area contributed by atoms with E-state index in [2.05, 4.69) is 0 Å². The second kappa shape index (κ2) is 3.11. The Kier molecular flexibility index (Phi) is 2.37. The van der Waals surface area contributed by atoms with Crippen LogP contribution < -0.4 is 11.5 Å². The summed E-state index contributed by atoms with van der Waals surface area (Å²) in [5.41, 5.74) is 12.9. The predicted octanol–water partition coefficient (Wildman–Crippen LogP) is 1.94. The van der Waals surface area contributed by atoms with Crippen molar-refractivity contribution in [1.82, 2.24) is 0 Å². The highest BCUT2D eigenvalue weighted by atomic mass is 35.5. The van der Waals surface area contributed by atoms with Gasteiger partial charge in [0.05, 0.1) is 0 Å². The number of benzene rings is 1. The first kappa shape index (κ1) is 8.37. The summed E-state index contributed by atoms with van der Waals surface area (Å²) in [4.78, 5) is 0. The summed E-state index contributed by atoms with van der Waals surface area (Å²) in [6.07, 6.45) is 0. The van der Waals surface area contributed by atoms with Gasteiger partial charge in [0, 0.05) is 16.8 Å². The lowest BCUT2D eigenvalue weighted by molar-refractivity contribution is 0.821. The molecule has 0 saturated heterocycles. The van der Waals surface area contributed by atoms with Crippen LogP contribution in [0.5, 0.6) is 0 Å². The zero-order valence-corrected chi connectivity index (χ0v) is 7.10. The topological polar surface area (TPSA) is 52.0 Å². The van der Waals surface area contributed by atoms with Gasteiger partial charge in [0.1, 0.15) is 0 Å². The highest BCUT2D eigenvalue weighted by Gasteiger charge is 2.03. The Morgan fingerprint density at radius 3 is 2.55 bits per heavy atom. The Morgan fingerprint density at radius 2 is 2.09 bits per heavy atom. The van der Waals surface area contributed by atoms with Crippen LogP contribution in [0.15, 0.2) is 18.2 Å².